The molecule has 66 valence electrons. The number of rotatable bonds is 1. The zero-order valence-corrected chi connectivity index (χ0v) is 6.98. The summed E-state index contributed by atoms with van der Waals surface area (Å²) in [6.07, 6.45) is 2.31. The summed E-state index contributed by atoms with van der Waals surface area (Å²) < 4.78 is 0. The van der Waals surface area contributed by atoms with Crippen LogP contribution in [0, 0.1) is 0 Å². The van der Waals surface area contributed by atoms with Crippen molar-refractivity contribution in [2.75, 3.05) is 5.73 Å². The number of hydrogen-bond donors (Lipinski definition) is 2. The van der Waals surface area contributed by atoms with E-state index in [1.165, 1.54) is 0 Å². The Kier molecular flexibility index (Phi) is 4.36. The first-order chi connectivity index (χ1) is 5.70. The molecule has 0 unspecified atom stereocenters. The summed E-state index contributed by atoms with van der Waals surface area (Å²) in [4.78, 5) is 17.2. The van der Waals surface area contributed by atoms with Crippen molar-refractivity contribution >= 4 is 11.9 Å². The van der Waals surface area contributed by atoms with Crippen LogP contribution < -0.4 is 5.73 Å². The monoisotopic (exact) mass is 169 g/mol. The minimum Gasteiger partial charge on any atom is -0.478 e. The first-order valence-electron chi connectivity index (χ1n) is 3.51. The van der Waals surface area contributed by atoms with Crippen molar-refractivity contribution in [3.8, 4) is 0 Å². The lowest BCUT2D eigenvalue weighted by Gasteiger charge is -1.91. The van der Waals surface area contributed by atoms with E-state index < -0.39 is 5.97 Å². The molecule has 0 fully saturated rings. The third-order valence-electron chi connectivity index (χ3n) is 0.919. The van der Waals surface area contributed by atoms with E-state index in [0.29, 0.717) is 0 Å². The Bertz CT molecular complexity index is 245. The Balaban J connectivity index is 0.000000561. The van der Waals surface area contributed by atoms with Crippen LogP contribution in [0.15, 0.2) is 12.4 Å². The molecule has 0 bridgehead atoms. The van der Waals surface area contributed by atoms with E-state index in [1.54, 1.807) is 0 Å². The normalized spacial score (nSPS) is 8.17. The fraction of sp³-hybridized carbons (Fsp3) is 0.286. The quantitative estimate of drug-likeness (QED) is 0.648. The second-order valence-corrected chi connectivity index (χ2v) is 1.64. The van der Waals surface area contributed by atoms with Gasteiger partial charge in [0, 0.05) is 12.4 Å². The molecule has 0 amide bonds. The van der Waals surface area contributed by atoms with Crippen molar-refractivity contribution in [1.82, 2.24) is 9.97 Å². The largest absolute Gasteiger partial charge is 0.478 e. The highest BCUT2D eigenvalue weighted by Crippen LogP contribution is 1.95. The van der Waals surface area contributed by atoms with Crippen LogP contribution in [-0.4, -0.2) is 21.0 Å². The van der Waals surface area contributed by atoms with Gasteiger partial charge in [-0.1, -0.05) is 13.8 Å². The molecular weight excluding hydrogens is 158 g/mol. The number of nitrogen functional groups attached to an aromatic ring is 1. The third-order valence-corrected chi connectivity index (χ3v) is 0.919. The molecule has 1 rings (SSSR count). The molecule has 0 saturated carbocycles. The van der Waals surface area contributed by atoms with Gasteiger partial charge in [-0.3, -0.25) is 0 Å². The van der Waals surface area contributed by atoms with Crippen LogP contribution in [0.2, 0.25) is 0 Å². The van der Waals surface area contributed by atoms with Gasteiger partial charge in [0.15, 0.2) is 0 Å². The van der Waals surface area contributed by atoms with Gasteiger partial charge < -0.3 is 10.8 Å². The Labute approximate surface area is 70.3 Å². The summed E-state index contributed by atoms with van der Waals surface area (Å²) in [7, 11) is 0. The van der Waals surface area contributed by atoms with Crippen molar-refractivity contribution in [1.29, 1.82) is 0 Å². The Morgan fingerprint density at radius 2 is 1.83 bits per heavy atom. The predicted molar refractivity (Wildman–Crippen MR) is 44.8 cm³/mol. The topological polar surface area (TPSA) is 89.1 Å². The number of carboxylic acids is 1. The van der Waals surface area contributed by atoms with Gasteiger partial charge in [0.1, 0.15) is 0 Å². The summed E-state index contributed by atoms with van der Waals surface area (Å²) in [5, 5.41) is 8.35. The van der Waals surface area contributed by atoms with Crippen molar-refractivity contribution in [2.24, 2.45) is 0 Å². The van der Waals surface area contributed by atoms with E-state index >= 15 is 0 Å². The van der Waals surface area contributed by atoms with E-state index in [2.05, 4.69) is 9.97 Å². The number of nitrogens with zero attached hydrogens (tertiary/aromatic N) is 2. The highest BCUT2D eigenvalue weighted by Gasteiger charge is 2.01. The maximum Gasteiger partial charge on any atom is 0.338 e. The van der Waals surface area contributed by atoms with Crippen molar-refractivity contribution in [3.63, 3.8) is 0 Å². The average Bonchev–Trinajstić information content (AvgIpc) is 2.09. The molecule has 1 aromatic heterocycles. The SMILES string of the molecule is CC.Nc1ncc(C(=O)O)cn1. The van der Waals surface area contributed by atoms with Crippen LogP contribution in [-0.2, 0) is 0 Å². The summed E-state index contributed by atoms with van der Waals surface area (Å²) in [5.41, 5.74) is 5.15. The van der Waals surface area contributed by atoms with Gasteiger partial charge in [0.25, 0.3) is 0 Å². The number of carbonyl (C=O) groups is 1. The lowest BCUT2D eigenvalue weighted by atomic mass is 10.4. The second-order valence-electron chi connectivity index (χ2n) is 1.64. The van der Waals surface area contributed by atoms with Crippen LogP contribution in [0.1, 0.15) is 24.2 Å². The number of hydrogen-bond acceptors (Lipinski definition) is 4. The average molecular weight is 169 g/mol. The molecular formula is C7H11N3O2. The fourth-order valence-corrected chi connectivity index (χ4v) is 0.448. The number of anilines is 1. The summed E-state index contributed by atoms with van der Waals surface area (Å²) in [5.74, 6) is -0.981. The molecule has 0 aliphatic heterocycles. The number of aromatic carboxylic acids is 1. The standard InChI is InChI=1S/C5H5N3O2.C2H6/c6-5-7-1-3(2-8-5)4(9)10;1-2/h1-2H,(H,9,10)(H2,6,7,8);1-2H3. The van der Waals surface area contributed by atoms with Crippen LogP contribution in [0.25, 0.3) is 0 Å². The molecule has 5 nitrogen and oxygen atoms in total. The zero-order valence-electron chi connectivity index (χ0n) is 6.98. The van der Waals surface area contributed by atoms with Gasteiger partial charge in [0.2, 0.25) is 5.95 Å². The Morgan fingerprint density at radius 3 is 2.17 bits per heavy atom. The number of nitrogens with two attached hydrogens (primary N) is 1. The zero-order chi connectivity index (χ0) is 9.56. The molecule has 0 saturated heterocycles. The molecule has 0 aromatic carbocycles. The number of aromatic nitrogens is 2. The molecule has 0 atom stereocenters. The molecule has 0 spiro atoms. The van der Waals surface area contributed by atoms with E-state index in [-0.39, 0.29) is 11.5 Å². The van der Waals surface area contributed by atoms with Crippen LogP contribution in [0.3, 0.4) is 0 Å². The van der Waals surface area contributed by atoms with Gasteiger partial charge in [-0.05, 0) is 0 Å². The first-order valence-corrected chi connectivity index (χ1v) is 3.51. The lowest BCUT2D eigenvalue weighted by molar-refractivity contribution is 0.0696. The van der Waals surface area contributed by atoms with Gasteiger partial charge in [0.05, 0.1) is 5.56 Å². The molecule has 0 aliphatic rings. The Morgan fingerprint density at radius 1 is 1.42 bits per heavy atom. The van der Waals surface area contributed by atoms with E-state index in [4.69, 9.17) is 10.8 Å². The Hall–Kier alpha value is -1.65. The molecule has 3 N–H and O–H groups in total. The van der Waals surface area contributed by atoms with Crippen LogP contribution in [0.5, 0.6) is 0 Å². The molecule has 0 radical (unpaired) electrons. The highest BCUT2D eigenvalue weighted by atomic mass is 16.4. The summed E-state index contributed by atoms with van der Waals surface area (Å²) >= 11 is 0. The molecule has 1 heterocycles. The van der Waals surface area contributed by atoms with Crippen molar-refractivity contribution < 1.29 is 9.90 Å². The van der Waals surface area contributed by atoms with Gasteiger partial charge >= 0.3 is 5.97 Å². The highest BCUT2D eigenvalue weighted by molar-refractivity contribution is 5.86. The number of carboxylic acid groups (broad SMARTS) is 1. The third kappa shape index (κ3) is 2.96. The minimum atomic E-state index is -1.06. The van der Waals surface area contributed by atoms with Gasteiger partial charge in [-0.25, -0.2) is 14.8 Å². The van der Waals surface area contributed by atoms with Gasteiger partial charge in [-0.15, -0.1) is 0 Å². The van der Waals surface area contributed by atoms with Crippen LogP contribution >= 0.6 is 0 Å². The van der Waals surface area contributed by atoms with Gasteiger partial charge in [-0.2, -0.15) is 0 Å². The van der Waals surface area contributed by atoms with E-state index in [9.17, 15) is 4.79 Å². The predicted octanol–water partition coefficient (Wildman–Crippen LogP) is 0.783. The first kappa shape index (κ1) is 10.3. The lowest BCUT2D eigenvalue weighted by Crippen LogP contribution is -2.00. The van der Waals surface area contributed by atoms with E-state index in [0.717, 1.165) is 12.4 Å². The maximum absolute atomic E-state index is 10.2. The van der Waals surface area contributed by atoms with Crippen LogP contribution in [0.4, 0.5) is 5.95 Å². The molecule has 0 aliphatic carbocycles. The maximum atomic E-state index is 10.2. The summed E-state index contributed by atoms with van der Waals surface area (Å²) in [6.45, 7) is 4.00. The molecule has 5 heteroatoms. The molecule has 1 aromatic rings. The second kappa shape index (κ2) is 5.06. The molecule has 12 heavy (non-hydrogen) atoms. The van der Waals surface area contributed by atoms with E-state index in [1.807, 2.05) is 13.8 Å². The van der Waals surface area contributed by atoms with Crippen molar-refractivity contribution in [2.45, 2.75) is 13.8 Å². The summed E-state index contributed by atoms with van der Waals surface area (Å²) in [6, 6.07) is 0. The smallest absolute Gasteiger partial charge is 0.338 e. The van der Waals surface area contributed by atoms with Crippen molar-refractivity contribution in [3.05, 3.63) is 18.0 Å². The minimum absolute atomic E-state index is 0.0363. The fourth-order valence-electron chi connectivity index (χ4n) is 0.448.